The number of carbonyl (C=O) groups is 3. The number of piperidine rings is 1. The lowest BCUT2D eigenvalue weighted by Crippen LogP contribution is -2.73. The number of hydrogen-bond donors (Lipinski definition) is 6. The zero-order chi connectivity index (χ0) is 35.1. The predicted molar refractivity (Wildman–Crippen MR) is 166 cm³/mol. The molecule has 2 aromatic heterocycles. The van der Waals surface area contributed by atoms with Crippen LogP contribution in [-0.4, -0.2) is 120 Å². The van der Waals surface area contributed by atoms with Crippen molar-refractivity contribution in [3.05, 3.63) is 48.3 Å². The second-order valence-electron chi connectivity index (χ2n) is 10.5. The molecule has 22 nitrogen and oxygen atoms in total. The summed E-state index contributed by atoms with van der Waals surface area (Å²) in [6.07, 6.45) is 2.35. The molecule has 1 aromatic carbocycles. The van der Waals surface area contributed by atoms with Crippen LogP contribution in [0, 0.1) is 5.53 Å². The number of β-lactam (4-membered cyclic amide) rings is 1. The first-order chi connectivity index (χ1) is 23.4. The maximum absolute atomic E-state index is 13.4. The van der Waals surface area contributed by atoms with Gasteiger partial charge in [-0.15, -0.1) is 5.11 Å². The number of aliphatic carboxylic acids is 1. The summed E-state index contributed by atoms with van der Waals surface area (Å²) in [7, 11) is -5.02. The van der Waals surface area contributed by atoms with E-state index in [9.17, 15) is 32.5 Å². The summed E-state index contributed by atoms with van der Waals surface area (Å²) >= 11 is 0.603. The fourth-order valence-electron chi connectivity index (χ4n) is 4.77. The number of aromatic nitrogens is 5. The summed E-state index contributed by atoms with van der Waals surface area (Å²) in [6.45, 7) is 0.850. The van der Waals surface area contributed by atoms with Crippen molar-refractivity contribution < 1.29 is 42.0 Å². The Kier molecular flexibility index (Phi) is 10.8. The number of oxime groups is 1. The molecule has 0 spiro atoms. The minimum Gasteiger partial charge on any atom is -0.489 e. The van der Waals surface area contributed by atoms with E-state index < -0.39 is 64.4 Å². The Morgan fingerprint density at radius 1 is 1.24 bits per heavy atom. The molecule has 3 aromatic rings. The molecule has 2 aliphatic rings. The van der Waals surface area contributed by atoms with Gasteiger partial charge in [0.25, 0.3) is 17.9 Å². The number of carbonyl (C=O) groups excluding carboxylic acids is 2. The molecule has 0 radical (unpaired) electrons. The Morgan fingerprint density at radius 3 is 2.59 bits per heavy atom. The first-order valence-corrected chi connectivity index (χ1v) is 16.5. The third-order valence-electron chi connectivity index (χ3n) is 7.21. The first kappa shape index (κ1) is 34.9. The SMILES string of the molecule is N=Nc1nc(/C(=N/O[C@@H](COc2ccc(C(N)=NC3CCNCC3)cc2)C(=O)O)C(=O)N[C@@H]2C(=O)N(S(=O)(=O)O)[C@@H]2Cn2cncn2)ns1. The van der Waals surface area contributed by atoms with Gasteiger partial charge in [0.2, 0.25) is 16.7 Å². The third kappa shape index (κ3) is 8.53. The second kappa shape index (κ2) is 15.2. The van der Waals surface area contributed by atoms with Crippen LogP contribution in [-0.2, 0) is 36.1 Å². The number of amidine groups is 1. The lowest BCUT2D eigenvalue weighted by atomic mass is 9.98. The van der Waals surface area contributed by atoms with Crippen LogP contribution in [0.4, 0.5) is 5.13 Å². The molecule has 260 valence electrons. The molecule has 5 rings (SSSR count). The highest BCUT2D eigenvalue weighted by Crippen LogP contribution is 2.25. The van der Waals surface area contributed by atoms with Crippen molar-refractivity contribution in [2.24, 2.45) is 21.0 Å². The molecule has 2 saturated heterocycles. The fourth-order valence-corrected chi connectivity index (χ4v) is 6.11. The molecule has 24 heteroatoms. The summed E-state index contributed by atoms with van der Waals surface area (Å²) in [5, 5.41) is 25.7. The molecule has 0 bridgehead atoms. The average molecular weight is 720 g/mol. The molecule has 49 heavy (non-hydrogen) atoms. The van der Waals surface area contributed by atoms with Gasteiger partial charge in [-0.25, -0.2) is 19.6 Å². The van der Waals surface area contributed by atoms with Gasteiger partial charge in [-0.2, -0.15) is 22.9 Å². The molecule has 4 heterocycles. The van der Waals surface area contributed by atoms with E-state index in [0.29, 0.717) is 22.9 Å². The lowest BCUT2D eigenvalue weighted by Gasteiger charge is -2.43. The van der Waals surface area contributed by atoms with Gasteiger partial charge < -0.3 is 31.0 Å². The minimum absolute atomic E-state index is 0.118. The highest BCUT2D eigenvalue weighted by atomic mass is 32.2. The number of nitrogens with one attached hydrogen (secondary N) is 3. The summed E-state index contributed by atoms with van der Waals surface area (Å²) in [5.41, 5.74) is 13.2. The van der Waals surface area contributed by atoms with Crippen molar-refractivity contribution in [3.8, 4) is 5.75 Å². The number of hydrogen-bond acceptors (Lipinski definition) is 17. The van der Waals surface area contributed by atoms with Gasteiger partial charge in [0.15, 0.2) is 0 Å². The summed E-state index contributed by atoms with van der Waals surface area (Å²) in [5.74, 6) is -3.70. The summed E-state index contributed by atoms with van der Waals surface area (Å²) < 4.78 is 44.0. The van der Waals surface area contributed by atoms with Crippen molar-refractivity contribution in [2.45, 2.75) is 43.6 Å². The molecule has 0 aliphatic carbocycles. The molecule has 2 fully saturated rings. The Hall–Kier alpha value is -5.46. The van der Waals surface area contributed by atoms with Crippen molar-refractivity contribution >= 4 is 56.3 Å². The number of ether oxygens (including phenoxy) is 1. The maximum Gasteiger partial charge on any atom is 0.362 e. The average Bonchev–Trinajstić information content (AvgIpc) is 3.77. The molecular weight excluding hydrogens is 690 g/mol. The van der Waals surface area contributed by atoms with E-state index in [1.165, 1.54) is 11.0 Å². The van der Waals surface area contributed by atoms with Crippen molar-refractivity contribution in [3.63, 3.8) is 0 Å². The van der Waals surface area contributed by atoms with Gasteiger partial charge in [-0.1, -0.05) is 5.16 Å². The third-order valence-corrected chi connectivity index (χ3v) is 8.77. The van der Waals surface area contributed by atoms with Crippen molar-refractivity contribution in [2.75, 3.05) is 19.7 Å². The largest absolute Gasteiger partial charge is 0.489 e. The van der Waals surface area contributed by atoms with E-state index in [1.54, 1.807) is 24.3 Å². The van der Waals surface area contributed by atoms with Gasteiger partial charge in [0, 0.05) is 17.1 Å². The Morgan fingerprint density at radius 2 is 1.98 bits per heavy atom. The molecule has 2 amide bonds. The normalized spacial score (nSPS) is 19.5. The number of benzene rings is 1. The van der Waals surface area contributed by atoms with Crippen molar-refractivity contribution in [1.29, 1.82) is 5.53 Å². The van der Waals surface area contributed by atoms with Crippen LogP contribution >= 0.6 is 11.5 Å². The van der Waals surface area contributed by atoms with Gasteiger partial charge >= 0.3 is 16.3 Å². The number of carboxylic acid groups (broad SMARTS) is 1. The summed E-state index contributed by atoms with van der Waals surface area (Å²) in [4.78, 5) is 55.4. The lowest BCUT2D eigenvalue weighted by molar-refractivity contribution is -0.152. The van der Waals surface area contributed by atoms with Crippen LogP contribution in [0.1, 0.15) is 24.2 Å². The minimum atomic E-state index is -5.02. The van der Waals surface area contributed by atoms with E-state index in [4.69, 9.17) is 20.8 Å². The molecule has 7 N–H and O–H groups in total. The monoisotopic (exact) mass is 719 g/mol. The van der Waals surface area contributed by atoms with Gasteiger partial charge in [-0.05, 0) is 50.2 Å². The Balaban J connectivity index is 1.29. The summed E-state index contributed by atoms with van der Waals surface area (Å²) in [6, 6.07) is 3.71. The first-order valence-electron chi connectivity index (χ1n) is 14.3. The van der Waals surface area contributed by atoms with Crippen LogP contribution in [0.25, 0.3) is 0 Å². The molecular formula is C25H29N13O9S2. The quantitative estimate of drug-likeness (QED) is 0.0266. The smallest absolute Gasteiger partial charge is 0.362 e. The number of carboxylic acids is 1. The number of rotatable bonds is 15. The maximum atomic E-state index is 13.4. The fraction of sp³-hybridized carbons (Fsp3) is 0.400. The van der Waals surface area contributed by atoms with E-state index in [1.807, 2.05) is 0 Å². The molecule has 2 aliphatic heterocycles. The molecule has 0 unspecified atom stereocenters. The second-order valence-corrected chi connectivity index (χ2v) is 12.5. The van der Waals surface area contributed by atoms with Crippen LogP contribution in [0.15, 0.2) is 52.2 Å². The topological polar surface area (TPSA) is 315 Å². The standard InChI is InChI=1S/C25H29N13O9S2/c26-20(31-14-5-7-28-8-6-14)13-1-3-15(4-2-13)46-10-17(24(41)42)47-35-19(21-33-25(34-27)48-36-21)22(39)32-18-16(9-37-12-29-11-30-37)38(23(18)40)49(43,44)45/h1-4,11-12,14,16-18,27-28H,5-10H2,(H2,26,31)(H,32,39)(H,41,42)(H,43,44,45)/b34-27?,35-19-/t16-,17+,18+/m1/s1. The molecule has 3 atom stereocenters. The van der Waals surface area contributed by atoms with Crippen LogP contribution in [0.5, 0.6) is 5.75 Å². The zero-order valence-electron chi connectivity index (χ0n) is 25.2. The van der Waals surface area contributed by atoms with Crippen LogP contribution in [0.3, 0.4) is 0 Å². The highest BCUT2D eigenvalue weighted by Gasteiger charge is 2.54. The van der Waals surface area contributed by atoms with E-state index in [2.05, 4.69) is 45.3 Å². The van der Waals surface area contributed by atoms with Gasteiger partial charge in [0.05, 0.1) is 18.6 Å². The van der Waals surface area contributed by atoms with Gasteiger partial charge in [0.1, 0.15) is 36.9 Å². The predicted octanol–water partition coefficient (Wildman–Crippen LogP) is -1.30. The number of nitrogens with zero attached hydrogens (tertiary/aromatic N) is 9. The number of nitrogens with two attached hydrogens (primary N) is 1. The van der Waals surface area contributed by atoms with E-state index in [-0.39, 0.29) is 27.8 Å². The van der Waals surface area contributed by atoms with Gasteiger partial charge in [-0.3, -0.25) is 23.8 Å². The molecule has 0 saturated carbocycles. The van der Waals surface area contributed by atoms with Crippen molar-refractivity contribution in [1.82, 2.24) is 39.1 Å². The Labute approximate surface area is 281 Å². The van der Waals surface area contributed by atoms with E-state index in [0.717, 1.165) is 32.3 Å². The zero-order valence-corrected chi connectivity index (χ0v) is 26.8. The number of amides is 2. The number of aliphatic imine (C=N–C) groups is 1. The Bertz CT molecular complexity index is 1840. The van der Waals surface area contributed by atoms with Crippen LogP contribution in [0.2, 0.25) is 0 Å². The van der Waals surface area contributed by atoms with E-state index >= 15 is 0 Å². The van der Waals surface area contributed by atoms with Crippen LogP contribution < -0.4 is 21.1 Å². The highest BCUT2D eigenvalue weighted by molar-refractivity contribution is 7.84.